The van der Waals surface area contributed by atoms with Crippen molar-refractivity contribution in [2.75, 3.05) is 5.32 Å². The number of benzene rings is 7. The lowest BCUT2D eigenvalue weighted by atomic mass is 9.67. The van der Waals surface area contributed by atoms with Gasteiger partial charge in [0.05, 0.1) is 0 Å². The lowest BCUT2D eigenvalue weighted by Crippen LogP contribution is -2.43. The van der Waals surface area contributed by atoms with E-state index in [2.05, 4.69) is 189 Å². The maximum absolute atomic E-state index is 6.65. The molecule has 260 valence electrons. The highest BCUT2D eigenvalue weighted by atomic mass is 16.5. The molecule has 0 radical (unpaired) electrons. The van der Waals surface area contributed by atoms with E-state index in [9.17, 15) is 0 Å². The molecule has 2 atom stereocenters. The summed E-state index contributed by atoms with van der Waals surface area (Å²) in [5.74, 6) is 1.26. The fourth-order valence-electron chi connectivity index (χ4n) is 8.48. The topological polar surface area (TPSA) is 34.4 Å². The fraction of sp³-hybridized carbons (Fsp3) is 0.0980. The van der Waals surface area contributed by atoms with Crippen LogP contribution in [0.4, 0.5) is 11.4 Å². The Morgan fingerprint density at radius 3 is 2.06 bits per heavy atom. The van der Waals surface area contributed by atoms with Gasteiger partial charge in [-0.3, -0.25) is 0 Å². The second kappa shape index (κ2) is 12.8. The summed E-state index contributed by atoms with van der Waals surface area (Å²) in [4.78, 5) is 0. The zero-order valence-electron chi connectivity index (χ0n) is 30.3. The molecule has 7 aromatic carbocycles. The summed E-state index contributed by atoms with van der Waals surface area (Å²) >= 11 is 0. The Balaban J connectivity index is 1.07. The smallest absolute Gasteiger partial charge is 0.143 e. The summed E-state index contributed by atoms with van der Waals surface area (Å²) in [6, 6.07) is 56.1. The largest absolute Gasteiger partial charge is 0.485 e. The van der Waals surface area contributed by atoms with Crippen molar-refractivity contribution in [3.63, 3.8) is 0 Å². The second-order valence-corrected chi connectivity index (χ2v) is 15.0. The van der Waals surface area contributed by atoms with Crippen LogP contribution in [0.3, 0.4) is 0 Å². The molecule has 0 saturated heterocycles. The summed E-state index contributed by atoms with van der Waals surface area (Å²) in [5, 5.41) is 6.09. The third kappa shape index (κ3) is 5.52. The minimum absolute atomic E-state index is 0.0280. The van der Waals surface area contributed by atoms with Crippen LogP contribution in [0.2, 0.25) is 0 Å². The van der Waals surface area contributed by atoms with Crippen LogP contribution in [0.15, 0.2) is 186 Å². The molecular weight excluding hydrogens is 659 g/mol. The zero-order chi connectivity index (χ0) is 36.2. The highest BCUT2D eigenvalue weighted by molar-refractivity contribution is 6.09. The van der Waals surface area contributed by atoms with E-state index in [4.69, 9.17) is 9.15 Å². The van der Waals surface area contributed by atoms with Crippen LogP contribution < -0.4 is 10.1 Å². The molecule has 0 spiro atoms. The van der Waals surface area contributed by atoms with E-state index in [1.54, 1.807) is 0 Å². The molecule has 0 fully saturated rings. The number of allylic oxidation sites excluding steroid dienone is 2. The lowest BCUT2D eigenvalue weighted by Gasteiger charge is -2.44. The first-order valence-electron chi connectivity index (χ1n) is 18.7. The fourth-order valence-corrected chi connectivity index (χ4v) is 8.48. The maximum atomic E-state index is 6.65. The third-order valence-electron chi connectivity index (χ3n) is 11.3. The maximum Gasteiger partial charge on any atom is 0.143 e. The number of rotatable bonds is 6. The first-order chi connectivity index (χ1) is 26.5. The third-order valence-corrected chi connectivity index (χ3v) is 11.3. The number of nitrogens with one attached hydrogen (secondary N) is 1. The number of ether oxygens (including phenoxy) is 1. The molecule has 3 nitrogen and oxygen atoms in total. The van der Waals surface area contributed by atoms with Crippen LogP contribution in [0.1, 0.15) is 19.4 Å². The molecule has 2 heterocycles. The Hall–Kier alpha value is -6.58. The van der Waals surface area contributed by atoms with Gasteiger partial charge in [-0.05, 0) is 75.9 Å². The molecule has 2 unspecified atom stereocenters. The average Bonchev–Trinajstić information content (AvgIpc) is 3.60. The summed E-state index contributed by atoms with van der Waals surface area (Å²) < 4.78 is 13.2. The SMILES string of the molecule is CC1(C)c2ccc(-c3ccccc3Nc3cc(-c4ccc(-c5ccccc5)cc4)cc(-c4cccc5c4oc4ccccc45)c3)cc2OC2C=CC=CC21. The molecular formula is C51H39NO2. The second-order valence-electron chi connectivity index (χ2n) is 15.0. The van der Waals surface area contributed by atoms with Gasteiger partial charge in [0, 0.05) is 50.2 Å². The van der Waals surface area contributed by atoms with Gasteiger partial charge in [0.2, 0.25) is 0 Å². The van der Waals surface area contributed by atoms with Crippen LogP contribution in [0.5, 0.6) is 5.75 Å². The molecule has 0 amide bonds. The Labute approximate surface area is 315 Å². The van der Waals surface area contributed by atoms with Crippen LogP contribution in [-0.4, -0.2) is 6.10 Å². The van der Waals surface area contributed by atoms with Crippen LogP contribution in [-0.2, 0) is 5.41 Å². The van der Waals surface area contributed by atoms with Gasteiger partial charge < -0.3 is 14.5 Å². The number of anilines is 2. The van der Waals surface area contributed by atoms with Gasteiger partial charge in [-0.25, -0.2) is 0 Å². The van der Waals surface area contributed by atoms with E-state index in [0.717, 1.165) is 72.4 Å². The van der Waals surface area contributed by atoms with Crippen molar-refractivity contribution in [1.29, 1.82) is 0 Å². The van der Waals surface area contributed by atoms with E-state index in [-0.39, 0.29) is 11.5 Å². The van der Waals surface area contributed by atoms with E-state index in [1.165, 1.54) is 16.7 Å². The quantitative estimate of drug-likeness (QED) is 0.188. The highest BCUT2D eigenvalue weighted by Crippen LogP contribution is 2.48. The minimum Gasteiger partial charge on any atom is -0.485 e. The van der Waals surface area contributed by atoms with Crippen molar-refractivity contribution in [3.8, 4) is 50.3 Å². The van der Waals surface area contributed by atoms with Crippen LogP contribution in [0, 0.1) is 5.92 Å². The standard InChI is InChI=1S/C51H39NO2/c1-51(2)44-19-8-11-22-48(44)53-49-32-36(27-28-45(49)51)40-15-6-9-20-46(40)52-39-30-37(35-25-23-34(24-26-35)33-13-4-3-5-14-33)29-38(31-39)41-17-12-18-43-42-16-7-10-21-47(42)54-50(41)43/h3-32,44,48,52H,1-2H3. The molecule has 1 aliphatic heterocycles. The van der Waals surface area contributed by atoms with Gasteiger partial charge in [0.25, 0.3) is 0 Å². The Morgan fingerprint density at radius 1 is 0.519 bits per heavy atom. The number of hydrogen-bond donors (Lipinski definition) is 1. The number of para-hydroxylation sites is 3. The Morgan fingerprint density at radius 2 is 1.19 bits per heavy atom. The van der Waals surface area contributed by atoms with E-state index in [1.807, 2.05) is 12.1 Å². The summed E-state index contributed by atoms with van der Waals surface area (Å²) in [6.07, 6.45) is 8.74. The summed E-state index contributed by atoms with van der Waals surface area (Å²) in [5.41, 5.74) is 14.0. The van der Waals surface area contributed by atoms with Crippen LogP contribution in [0.25, 0.3) is 66.4 Å². The van der Waals surface area contributed by atoms with Crippen molar-refractivity contribution in [1.82, 2.24) is 0 Å². The normalized spacial score (nSPS) is 16.9. The molecule has 8 aromatic rings. The van der Waals surface area contributed by atoms with Crippen LogP contribution >= 0.6 is 0 Å². The summed E-state index contributed by atoms with van der Waals surface area (Å²) in [6.45, 7) is 4.66. The first kappa shape index (κ1) is 32.1. The van der Waals surface area contributed by atoms with Crippen molar-refractivity contribution < 1.29 is 9.15 Å². The minimum atomic E-state index is -0.0470. The molecule has 1 aliphatic carbocycles. The van der Waals surface area contributed by atoms with Gasteiger partial charge in [-0.15, -0.1) is 0 Å². The summed E-state index contributed by atoms with van der Waals surface area (Å²) in [7, 11) is 0. The van der Waals surface area contributed by atoms with Crippen molar-refractivity contribution in [2.24, 2.45) is 5.92 Å². The lowest BCUT2D eigenvalue weighted by molar-refractivity contribution is 0.123. The molecule has 1 aromatic heterocycles. The van der Waals surface area contributed by atoms with E-state index < -0.39 is 0 Å². The predicted molar refractivity (Wildman–Crippen MR) is 224 cm³/mol. The molecule has 2 aliphatic rings. The average molecular weight is 698 g/mol. The molecule has 10 rings (SSSR count). The Bertz CT molecular complexity index is 2750. The van der Waals surface area contributed by atoms with Crippen molar-refractivity contribution in [3.05, 3.63) is 188 Å². The first-order valence-corrected chi connectivity index (χ1v) is 18.7. The van der Waals surface area contributed by atoms with Crippen molar-refractivity contribution in [2.45, 2.75) is 25.4 Å². The zero-order valence-corrected chi connectivity index (χ0v) is 30.3. The molecule has 0 bridgehead atoms. The highest BCUT2D eigenvalue weighted by Gasteiger charge is 2.42. The van der Waals surface area contributed by atoms with Gasteiger partial charge in [-0.2, -0.15) is 0 Å². The molecule has 0 saturated carbocycles. The van der Waals surface area contributed by atoms with Gasteiger partial charge in [-0.1, -0.05) is 153 Å². The number of hydrogen-bond acceptors (Lipinski definition) is 3. The molecule has 54 heavy (non-hydrogen) atoms. The van der Waals surface area contributed by atoms with Gasteiger partial charge >= 0.3 is 0 Å². The van der Waals surface area contributed by atoms with E-state index in [0.29, 0.717) is 5.92 Å². The molecule has 1 N–H and O–H groups in total. The molecule has 3 heteroatoms. The van der Waals surface area contributed by atoms with Crippen molar-refractivity contribution >= 4 is 33.3 Å². The predicted octanol–water partition coefficient (Wildman–Crippen LogP) is 13.8. The van der Waals surface area contributed by atoms with Gasteiger partial charge in [0.1, 0.15) is 23.0 Å². The number of fused-ring (bicyclic) bond motifs is 5. The van der Waals surface area contributed by atoms with E-state index >= 15 is 0 Å². The Kier molecular flexibility index (Phi) is 7.62. The van der Waals surface area contributed by atoms with Gasteiger partial charge in [0.15, 0.2) is 0 Å². The number of furan rings is 1. The monoisotopic (exact) mass is 697 g/mol.